The smallest absolute Gasteiger partial charge is 0.270 e. The number of nitrogens with zero attached hydrogens (tertiary/aromatic N) is 2. The van der Waals surface area contributed by atoms with Crippen molar-refractivity contribution < 1.29 is 13.3 Å². The van der Waals surface area contributed by atoms with Gasteiger partial charge in [0.15, 0.2) is 0 Å². The van der Waals surface area contributed by atoms with Gasteiger partial charge in [-0.15, -0.1) is 12.4 Å². The number of sulfonamides is 1. The van der Waals surface area contributed by atoms with Crippen LogP contribution in [0, 0.1) is 24.0 Å². The highest BCUT2D eigenvalue weighted by Gasteiger charge is 2.44. The number of benzene rings is 1. The lowest BCUT2D eigenvalue weighted by atomic mass is 10.1. The molecule has 2 bridgehead atoms. The minimum absolute atomic E-state index is 0. The molecular formula is C15H22ClN3O4S. The summed E-state index contributed by atoms with van der Waals surface area (Å²) in [7, 11) is -3.65. The summed E-state index contributed by atoms with van der Waals surface area (Å²) in [6.07, 6.45) is 2.55. The zero-order valence-electron chi connectivity index (χ0n) is 13.7. The van der Waals surface area contributed by atoms with Gasteiger partial charge in [0, 0.05) is 30.8 Å². The van der Waals surface area contributed by atoms with Gasteiger partial charge in [-0.05, 0) is 50.8 Å². The fourth-order valence-corrected chi connectivity index (χ4v) is 6.19. The molecule has 0 spiro atoms. The van der Waals surface area contributed by atoms with Crippen LogP contribution in [-0.2, 0) is 10.0 Å². The third kappa shape index (κ3) is 3.15. The van der Waals surface area contributed by atoms with E-state index in [1.54, 1.807) is 18.2 Å². The maximum absolute atomic E-state index is 13.3. The number of nitrogens with one attached hydrogen (secondary N) is 1. The number of hydrogen-bond donors (Lipinski definition) is 1. The Morgan fingerprint density at radius 3 is 2.33 bits per heavy atom. The van der Waals surface area contributed by atoms with Crippen LogP contribution >= 0.6 is 12.4 Å². The molecule has 2 saturated heterocycles. The van der Waals surface area contributed by atoms with Gasteiger partial charge >= 0.3 is 0 Å². The fraction of sp³-hybridized carbons (Fsp3) is 0.600. The van der Waals surface area contributed by atoms with Crippen molar-refractivity contribution in [2.24, 2.45) is 0 Å². The Kier molecular flexibility index (Phi) is 5.54. The van der Waals surface area contributed by atoms with Crippen molar-refractivity contribution in [2.45, 2.75) is 50.1 Å². The summed E-state index contributed by atoms with van der Waals surface area (Å²) in [5.41, 5.74) is 0.807. The van der Waals surface area contributed by atoms with E-state index in [1.807, 2.05) is 0 Å². The predicted molar refractivity (Wildman–Crippen MR) is 93.1 cm³/mol. The van der Waals surface area contributed by atoms with Crippen LogP contribution in [0.5, 0.6) is 0 Å². The lowest BCUT2D eigenvalue weighted by molar-refractivity contribution is -0.385. The molecule has 0 radical (unpaired) electrons. The number of nitro groups is 1. The van der Waals surface area contributed by atoms with Crippen molar-refractivity contribution in [3.05, 3.63) is 33.4 Å². The van der Waals surface area contributed by atoms with Gasteiger partial charge in [-0.1, -0.05) is 0 Å². The molecule has 24 heavy (non-hydrogen) atoms. The Hall–Kier alpha value is -1.22. The molecule has 0 amide bonds. The molecule has 2 aliphatic heterocycles. The van der Waals surface area contributed by atoms with E-state index in [0.29, 0.717) is 17.7 Å². The Labute approximate surface area is 148 Å². The van der Waals surface area contributed by atoms with E-state index in [0.717, 1.165) is 25.8 Å². The van der Waals surface area contributed by atoms with E-state index in [1.165, 1.54) is 12.1 Å². The average Bonchev–Trinajstić information content (AvgIpc) is 2.71. The van der Waals surface area contributed by atoms with Gasteiger partial charge in [0.25, 0.3) is 5.69 Å². The third-order valence-corrected chi connectivity index (χ3v) is 7.09. The Morgan fingerprint density at radius 2 is 1.75 bits per heavy atom. The van der Waals surface area contributed by atoms with E-state index in [4.69, 9.17) is 0 Å². The summed E-state index contributed by atoms with van der Waals surface area (Å²) < 4.78 is 28.2. The van der Waals surface area contributed by atoms with Gasteiger partial charge in [0.05, 0.1) is 9.82 Å². The van der Waals surface area contributed by atoms with E-state index in [2.05, 4.69) is 5.32 Å². The number of fused-ring (bicyclic) bond motifs is 2. The zero-order valence-corrected chi connectivity index (χ0v) is 15.3. The van der Waals surface area contributed by atoms with Crippen molar-refractivity contribution in [1.82, 2.24) is 9.62 Å². The lowest BCUT2D eigenvalue weighted by Crippen LogP contribution is -2.42. The highest BCUT2D eigenvalue weighted by Crippen LogP contribution is 2.36. The molecule has 3 rings (SSSR count). The Balaban J connectivity index is 0.00000208. The molecule has 0 aromatic heterocycles. The van der Waals surface area contributed by atoms with Gasteiger partial charge in [0.1, 0.15) is 0 Å². The molecule has 0 aliphatic carbocycles. The lowest BCUT2D eigenvalue weighted by Gasteiger charge is -2.28. The van der Waals surface area contributed by atoms with Crippen LogP contribution in [0.1, 0.15) is 30.4 Å². The molecular weight excluding hydrogens is 354 g/mol. The van der Waals surface area contributed by atoms with E-state index >= 15 is 0 Å². The Morgan fingerprint density at radius 1 is 1.17 bits per heavy atom. The molecule has 1 aromatic rings. The molecule has 9 heteroatoms. The summed E-state index contributed by atoms with van der Waals surface area (Å²) in [6, 6.07) is 2.69. The first-order valence-electron chi connectivity index (χ1n) is 7.82. The maximum Gasteiger partial charge on any atom is 0.270 e. The molecule has 2 aliphatic rings. The third-order valence-electron chi connectivity index (χ3n) is 4.78. The van der Waals surface area contributed by atoms with Crippen molar-refractivity contribution in [3.8, 4) is 0 Å². The first-order valence-corrected chi connectivity index (χ1v) is 9.26. The van der Waals surface area contributed by atoms with Crippen LogP contribution in [0.4, 0.5) is 5.69 Å². The van der Waals surface area contributed by atoms with Gasteiger partial charge in [-0.3, -0.25) is 10.1 Å². The number of hydrogen-bond acceptors (Lipinski definition) is 5. The number of non-ortho nitro benzene ring substituents is 1. The normalized spacial score (nSPS) is 24.2. The van der Waals surface area contributed by atoms with Crippen molar-refractivity contribution in [3.63, 3.8) is 0 Å². The maximum atomic E-state index is 13.3. The van der Waals surface area contributed by atoms with Crippen LogP contribution in [0.25, 0.3) is 0 Å². The molecule has 0 saturated carbocycles. The highest BCUT2D eigenvalue weighted by atomic mass is 35.5. The summed E-state index contributed by atoms with van der Waals surface area (Å²) in [6.45, 7) is 4.75. The molecule has 1 aromatic carbocycles. The Bertz CT molecular complexity index is 716. The molecule has 7 nitrogen and oxygen atoms in total. The number of rotatable bonds is 3. The van der Waals surface area contributed by atoms with E-state index < -0.39 is 14.9 Å². The summed E-state index contributed by atoms with van der Waals surface area (Å²) in [5, 5.41) is 14.3. The molecule has 1 N–H and O–H groups in total. The van der Waals surface area contributed by atoms with Gasteiger partial charge in [0.2, 0.25) is 10.0 Å². The minimum Gasteiger partial charge on any atom is -0.315 e. The summed E-state index contributed by atoms with van der Waals surface area (Å²) in [4.78, 5) is 10.7. The first-order chi connectivity index (χ1) is 10.8. The highest BCUT2D eigenvalue weighted by molar-refractivity contribution is 7.89. The number of nitro benzene ring substituents is 1. The van der Waals surface area contributed by atoms with E-state index in [-0.39, 0.29) is 35.1 Å². The topological polar surface area (TPSA) is 92.5 Å². The van der Waals surface area contributed by atoms with Crippen molar-refractivity contribution >= 4 is 28.1 Å². The predicted octanol–water partition coefficient (Wildman–Crippen LogP) is 2.15. The summed E-state index contributed by atoms with van der Waals surface area (Å²) in [5.74, 6) is 0. The molecule has 134 valence electrons. The zero-order chi connectivity index (χ0) is 16.8. The summed E-state index contributed by atoms with van der Waals surface area (Å²) >= 11 is 0. The second-order valence-electron chi connectivity index (χ2n) is 6.38. The average molecular weight is 376 g/mol. The van der Waals surface area contributed by atoms with Crippen LogP contribution in [0.15, 0.2) is 17.0 Å². The fourth-order valence-electron chi connectivity index (χ4n) is 3.88. The number of halogens is 1. The van der Waals surface area contributed by atoms with E-state index in [9.17, 15) is 18.5 Å². The van der Waals surface area contributed by atoms with Gasteiger partial charge in [-0.2, -0.15) is 4.31 Å². The SMILES string of the molecule is Cc1cc([N+](=O)[O-])cc(C)c1S(=O)(=O)N1C2CCNCC1CC2.Cl. The van der Waals surface area contributed by atoms with Gasteiger partial charge in [-0.25, -0.2) is 8.42 Å². The van der Waals surface area contributed by atoms with Crippen LogP contribution in [0.2, 0.25) is 0 Å². The molecule has 2 atom stereocenters. The molecule has 2 fully saturated rings. The van der Waals surface area contributed by atoms with Crippen molar-refractivity contribution in [2.75, 3.05) is 13.1 Å². The molecule has 2 unspecified atom stereocenters. The van der Waals surface area contributed by atoms with Crippen molar-refractivity contribution in [1.29, 1.82) is 0 Å². The monoisotopic (exact) mass is 375 g/mol. The van der Waals surface area contributed by atoms with Crippen LogP contribution in [-0.4, -0.2) is 42.8 Å². The largest absolute Gasteiger partial charge is 0.315 e. The first kappa shape index (κ1) is 19.1. The van der Waals surface area contributed by atoms with Gasteiger partial charge < -0.3 is 5.32 Å². The van der Waals surface area contributed by atoms with Crippen LogP contribution < -0.4 is 5.32 Å². The second kappa shape index (κ2) is 6.95. The van der Waals surface area contributed by atoms with Crippen LogP contribution in [0.3, 0.4) is 0 Å². The number of aryl methyl sites for hydroxylation is 2. The standard InChI is InChI=1S/C15H21N3O4S.ClH/c1-10-7-14(18(19)20)8-11(2)15(10)23(21,22)17-12-3-4-13(17)9-16-6-5-12;/h7-8,12-13,16H,3-6,9H2,1-2H3;1H. The second-order valence-corrected chi connectivity index (χ2v) is 8.16. The molecule has 2 heterocycles. The quantitative estimate of drug-likeness (QED) is 0.645. The minimum atomic E-state index is -3.65.